The first-order valence-corrected chi connectivity index (χ1v) is 12.2. The Labute approximate surface area is 194 Å². The van der Waals surface area contributed by atoms with Gasteiger partial charge in [-0.1, -0.05) is 30.3 Å². The number of anilines is 1. The van der Waals surface area contributed by atoms with Crippen LogP contribution < -0.4 is 4.90 Å². The molecule has 1 amide bonds. The maximum atomic E-state index is 13.2. The number of nitrogens with one attached hydrogen (secondary N) is 1. The third-order valence-corrected chi connectivity index (χ3v) is 7.43. The van der Waals surface area contributed by atoms with Gasteiger partial charge in [-0.3, -0.25) is 9.89 Å². The van der Waals surface area contributed by atoms with Crippen molar-refractivity contribution in [3.63, 3.8) is 0 Å². The average molecular weight is 443 g/mol. The standard InChI is InChI=1S/C26H30N6O/c1-17-20-10-6-13-31(15-18-7-3-2-4-8-18)25(20)28-24(27-17)19-12-14-32(16-19)26(33)23-21-9-5-11-22(21)29-30-23/h2-4,7-8,19H,5-6,9-16H2,1H3,(H,29,30). The summed E-state index contributed by atoms with van der Waals surface area (Å²) in [5.74, 6) is 2.19. The molecule has 3 aliphatic rings. The van der Waals surface area contributed by atoms with Crippen molar-refractivity contribution in [2.24, 2.45) is 0 Å². The zero-order valence-electron chi connectivity index (χ0n) is 19.2. The van der Waals surface area contributed by atoms with E-state index in [1.54, 1.807) is 0 Å². The van der Waals surface area contributed by atoms with E-state index in [0.29, 0.717) is 12.2 Å². The minimum atomic E-state index is 0.0530. The highest BCUT2D eigenvalue weighted by molar-refractivity contribution is 5.94. The van der Waals surface area contributed by atoms with E-state index in [2.05, 4.69) is 52.4 Å². The second-order valence-electron chi connectivity index (χ2n) is 9.60. The van der Waals surface area contributed by atoms with Crippen LogP contribution in [0.3, 0.4) is 0 Å². The van der Waals surface area contributed by atoms with Crippen LogP contribution >= 0.6 is 0 Å². The van der Waals surface area contributed by atoms with Crippen LogP contribution in [0.15, 0.2) is 30.3 Å². The lowest BCUT2D eigenvalue weighted by Crippen LogP contribution is -2.32. The van der Waals surface area contributed by atoms with Gasteiger partial charge < -0.3 is 9.80 Å². The molecule has 4 heterocycles. The van der Waals surface area contributed by atoms with Crippen LogP contribution in [0, 0.1) is 6.92 Å². The summed E-state index contributed by atoms with van der Waals surface area (Å²) in [4.78, 5) is 27.6. The summed E-state index contributed by atoms with van der Waals surface area (Å²) in [7, 11) is 0. The molecule has 3 aromatic rings. The van der Waals surface area contributed by atoms with Crippen LogP contribution in [0.5, 0.6) is 0 Å². The average Bonchev–Trinajstić information content (AvgIpc) is 3.57. The maximum absolute atomic E-state index is 13.2. The van der Waals surface area contributed by atoms with E-state index >= 15 is 0 Å². The lowest BCUT2D eigenvalue weighted by Gasteiger charge is -2.31. The summed E-state index contributed by atoms with van der Waals surface area (Å²) in [6, 6.07) is 10.6. The number of nitrogens with zero attached hydrogens (tertiary/aromatic N) is 5. The van der Waals surface area contributed by atoms with Crippen molar-refractivity contribution in [2.45, 2.75) is 57.9 Å². The van der Waals surface area contributed by atoms with Crippen LogP contribution in [0.4, 0.5) is 5.82 Å². The third-order valence-electron chi connectivity index (χ3n) is 7.43. The number of carbonyl (C=O) groups excluding carboxylic acids is 1. The summed E-state index contributed by atoms with van der Waals surface area (Å²) in [5.41, 5.74) is 6.55. The number of aromatic nitrogens is 4. The van der Waals surface area contributed by atoms with Crippen LogP contribution in [0.25, 0.3) is 0 Å². The van der Waals surface area contributed by atoms with Crippen molar-refractivity contribution < 1.29 is 4.79 Å². The van der Waals surface area contributed by atoms with Crippen molar-refractivity contribution in [1.82, 2.24) is 25.1 Å². The first kappa shape index (κ1) is 20.4. The van der Waals surface area contributed by atoms with E-state index < -0.39 is 0 Å². The van der Waals surface area contributed by atoms with Gasteiger partial charge in [0.25, 0.3) is 5.91 Å². The van der Waals surface area contributed by atoms with Gasteiger partial charge >= 0.3 is 0 Å². The number of benzene rings is 1. The second-order valence-corrected chi connectivity index (χ2v) is 9.60. The Morgan fingerprint density at radius 1 is 1.06 bits per heavy atom. The summed E-state index contributed by atoms with van der Waals surface area (Å²) in [6.07, 6.45) is 6.12. The number of likely N-dealkylation sites (tertiary alicyclic amines) is 1. The predicted molar refractivity (Wildman–Crippen MR) is 126 cm³/mol. The topological polar surface area (TPSA) is 78.0 Å². The minimum Gasteiger partial charge on any atom is -0.352 e. The van der Waals surface area contributed by atoms with Crippen molar-refractivity contribution in [1.29, 1.82) is 0 Å². The van der Waals surface area contributed by atoms with Crippen molar-refractivity contribution in [2.75, 3.05) is 24.5 Å². The molecule has 7 heteroatoms. The molecule has 0 spiro atoms. The summed E-state index contributed by atoms with van der Waals surface area (Å²) in [6.45, 7) is 5.39. The maximum Gasteiger partial charge on any atom is 0.274 e. The molecule has 0 bridgehead atoms. The Morgan fingerprint density at radius 3 is 2.79 bits per heavy atom. The minimum absolute atomic E-state index is 0.0530. The lowest BCUT2D eigenvalue weighted by molar-refractivity contribution is 0.0783. The molecule has 1 atom stereocenters. The molecule has 1 aliphatic carbocycles. The Hall–Kier alpha value is -3.22. The smallest absolute Gasteiger partial charge is 0.274 e. The molecule has 0 radical (unpaired) electrons. The quantitative estimate of drug-likeness (QED) is 0.668. The number of aromatic amines is 1. The fraction of sp³-hybridized carbons (Fsp3) is 0.462. The van der Waals surface area contributed by atoms with E-state index in [-0.39, 0.29) is 11.8 Å². The van der Waals surface area contributed by atoms with Gasteiger partial charge in [0, 0.05) is 54.6 Å². The summed E-state index contributed by atoms with van der Waals surface area (Å²) >= 11 is 0. The van der Waals surface area contributed by atoms with Crippen molar-refractivity contribution in [3.8, 4) is 0 Å². The van der Waals surface area contributed by atoms with E-state index in [4.69, 9.17) is 9.97 Å². The molecule has 2 aromatic heterocycles. The molecule has 1 N–H and O–H groups in total. The van der Waals surface area contributed by atoms with Crippen molar-refractivity contribution >= 4 is 11.7 Å². The van der Waals surface area contributed by atoms with Crippen molar-refractivity contribution in [3.05, 3.63) is 69.9 Å². The first-order valence-electron chi connectivity index (χ1n) is 12.2. The number of amides is 1. The number of hydrogen-bond donors (Lipinski definition) is 1. The number of fused-ring (bicyclic) bond motifs is 2. The largest absolute Gasteiger partial charge is 0.352 e. The molecule has 1 fully saturated rings. The van der Waals surface area contributed by atoms with Crippen LogP contribution in [-0.2, 0) is 25.8 Å². The Kier molecular flexibility index (Phi) is 5.12. The number of H-pyrrole nitrogens is 1. The van der Waals surface area contributed by atoms with Gasteiger partial charge in [0.05, 0.1) is 0 Å². The predicted octanol–water partition coefficient (Wildman–Crippen LogP) is 3.58. The molecule has 7 nitrogen and oxygen atoms in total. The highest BCUT2D eigenvalue weighted by atomic mass is 16.2. The van der Waals surface area contributed by atoms with Gasteiger partial charge in [0.2, 0.25) is 0 Å². The fourth-order valence-electron chi connectivity index (χ4n) is 5.65. The van der Waals surface area contributed by atoms with E-state index in [1.807, 2.05) is 4.90 Å². The summed E-state index contributed by atoms with van der Waals surface area (Å²) in [5, 5.41) is 7.42. The molecule has 33 heavy (non-hydrogen) atoms. The van der Waals surface area contributed by atoms with E-state index in [0.717, 1.165) is 86.8 Å². The monoisotopic (exact) mass is 442 g/mol. The van der Waals surface area contributed by atoms with Gasteiger partial charge in [-0.2, -0.15) is 5.10 Å². The normalized spacial score (nSPS) is 19.6. The Bertz CT molecular complexity index is 1190. The fourth-order valence-corrected chi connectivity index (χ4v) is 5.65. The van der Waals surface area contributed by atoms with Crippen LogP contribution in [0.2, 0.25) is 0 Å². The van der Waals surface area contributed by atoms with E-state index in [9.17, 15) is 4.79 Å². The highest BCUT2D eigenvalue weighted by Gasteiger charge is 2.34. The van der Waals surface area contributed by atoms with Crippen LogP contribution in [-0.4, -0.2) is 50.6 Å². The molecular weight excluding hydrogens is 412 g/mol. The zero-order chi connectivity index (χ0) is 22.4. The molecule has 0 saturated carbocycles. The van der Waals surface area contributed by atoms with E-state index in [1.165, 1.54) is 11.1 Å². The number of aryl methyl sites for hydroxylation is 2. The first-order chi connectivity index (χ1) is 16.2. The van der Waals surface area contributed by atoms with Gasteiger partial charge in [0.15, 0.2) is 5.69 Å². The molecule has 170 valence electrons. The van der Waals surface area contributed by atoms with Gasteiger partial charge in [-0.15, -0.1) is 0 Å². The SMILES string of the molecule is Cc1nc(C2CCN(C(=O)c3n[nH]c4c3CCC4)C2)nc2c1CCCN2Cc1ccccc1. The zero-order valence-corrected chi connectivity index (χ0v) is 19.2. The summed E-state index contributed by atoms with van der Waals surface area (Å²) < 4.78 is 0. The highest BCUT2D eigenvalue weighted by Crippen LogP contribution is 2.33. The molecule has 2 aliphatic heterocycles. The van der Waals surface area contributed by atoms with Crippen LogP contribution in [0.1, 0.15) is 69.6 Å². The number of carbonyl (C=O) groups is 1. The lowest BCUT2D eigenvalue weighted by atomic mass is 10.0. The third kappa shape index (κ3) is 3.69. The second kappa shape index (κ2) is 8.28. The molecule has 6 rings (SSSR count). The Morgan fingerprint density at radius 2 is 1.91 bits per heavy atom. The molecular formula is C26H30N6O. The number of rotatable bonds is 4. The van der Waals surface area contributed by atoms with Gasteiger partial charge in [-0.05, 0) is 51.0 Å². The molecule has 1 aromatic carbocycles. The Balaban J connectivity index is 1.23. The number of hydrogen-bond acceptors (Lipinski definition) is 5. The molecule has 1 unspecified atom stereocenters. The van der Waals surface area contributed by atoms with Gasteiger partial charge in [0.1, 0.15) is 11.6 Å². The van der Waals surface area contributed by atoms with Gasteiger partial charge in [-0.25, -0.2) is 9.97 Å². The molecule has 1 saturated heterocycles.